The third-order valence-electron chi connectivity index (χ3n) is 4.95. The van der Waals surface area contributed by atoms with Crippen LogP contribution in [0.2, 0.25) is 0 Å². The van der Waals surface area contributed by atoms with E-state index < -0.39 is 11.2 Å². The SMILES string of the molecule is COC(=O)c1ccc2c(=O)n(CC(C)C)c(S[C@@H](C)C(=O)Nc3ccnn3C(C)C)nc2c1. The fourth-order valence-corrected chi connectivity index (χ4v) is 4.24. The molecule has 176 valence electrons. The molecule has 0 aliphatic heterocycles. The Hall–Kier alpha value is -3.14. The maximum atomic E-state index is 13.2. The molecule has 0 radical (unpaired) electrons. The van der Waals surface area contributed by atoms with E-state index in [2.05, 4.69) is 15.4 Å². The summed E-state index contributed by atoms with van der Waals surface area (Å²) in [5, 5.41) is 7.43. The van der Waals surface area contributed by atoms with Gasteiger partial charge in [0.05, 0.1) is 35.0 Å². The highest BCUT2D eigenvalue weighted by Crippen LogP contribution is 2.25. The Kier molecular flexibility index (Phi) is 7.57. The van der Waals surface area contributed by atoms with Gasteiger partial charge >= 0.3 is 5.97 Å². The fraction of sp³-hybridized carbons (Fsp3) is 0.435. The van der Waals surface area contributed by atoms with E-state index in [0.29, 0.717) is 34.0 Å². The predicted octanol–water partition coefficient (Wildman–Crippen LogP) is 3.74. The van der Waals surface area contributed by atoms with Gasteiger partial charge in [-0.1, -0.05) is 25.6 Å². The molecule has 33 heavy (non-hydrogen) atoms. The molecule has 3 rings (SSSR count). The van der Waals surface area contributed by atoms with Gasteiger partial charge in [-0.25, -0.2) is 14.5 Å². The first kappa shape index (κ1) is 24.5. The fourth-order valence-electron chi connectivity index (χ4n) is 3.33. The molecule has 0 unspecified atom stereocenters. The minimum Gasteiger partial charge on any atom is -0.465 e. The highest BCUT2D eigenvalue weighted by molar-refractivity contribution is 8.00. The van der Waals surface area contributed by atoms with Gasteiger partial charge < -0.3 is 10.1 Å². The Morgan fingerprint density at radius 3 is 2.52 bits per heavy atom. The number of aromatic nitrogens is 4. The molecule has 0 fully saturated rings. The second-order valence-corrected chi connectivity index (χ2v) is 9.74. The van der Waals surface area contributed by atoms with Crippen LogP contribution in [0.15, 0.2) is 40.4 Å². The van der Waals surface area contributed by atoms with Crippen LogP contribution in [0.5, 0.6) is 0 Å². The summed E-state index contributed by atoms with van der Waals surface area (Å²) in [7, 11) is 1.30. The summed E-state index contributed by atoms with van der Waals surface area (Å²) < 4.78 is 8.10. The van der Waals surface area contributed by atoms with Gasteiger partial charge in [0.25, 0.3) is 5.56 Å². The van der Waals surface area contributed by atoms with Gasteiger partial charge in [0.15, 0.2) is 5.16 Å². The van der Waals surface area contributed by atoms with E-state index in [9.17, 15) is 14.4 Å². The van der Waals surface area contributed by atoms with Crippen LogP contribution in [0.3, 0.4) is 0 Å². The van der Waals surface area contributed by atoms with E-state index in [1.807, 2.05) is 27.7 Å². The summed E-state index contributed by atoms with van der Waals surface area (Å²) in [6.07, 6.45) is 1.64. The first-order valence-corrected chi connectivity index (χ1v) is 11.6. The minimum atomic E-state index is -0.535. The third-order valence-corrected chi connectivity index (χ3v) is 6.04. The van der Waals surface area contributed by atoms with E-state index in [1.165, 1.54) is 24.9 Å². The van der Waals surface area contributed by atoms with Crippen molar-refractivity contribution in [2.24, 2.45) is 5.92 Å². The summed E-state index contributed by atoms with van der Waals surface area (Å²) in [5.41, 5.74) is 0.483. The summed E-state index contributed by atoms with van der Waals surface area (Å²) >= 11 is 1.20. The van der Waals surface area contributed by atoms with E-state index in [-0.39, 0.29) is 23.4 Å². The van der Waals surface area contributed by atoms with Crippen molar-refractivity contribution in [2.75, 3.05) is 12.4 Å². The molecule has 0 saturated carbocycles. The number of nitrogens with one attached hydrogen (secondary N) is 1. The van der Waals surface area contributed by atoms with E-state index in [0.717, 1.165) is 0 Å². The molecule has 3 aromatic rings. The van der Waals surface area contributed by atoms with Crippen molar-refractivity contribution in [2.45, 2.75) is 57.6 Å². The van der Waals surface area contributed by atoms with Crippen LogP contribution in [0.25, 0.3) is 10.9 Å². The Balaban J connectivity index is 1.96. The lowest BCUT2D eigenvalue weighted by atomic mass is 10.1. The molecule has 0 saturated heterocycles. The van der Waals surface area contributed by atoms with E-state index in [1.54, 1.807) is 40.6 Å². The van der Waals surface area contributed by atoms with Crippen LogP contribution >= 0.6 is 11.8 Å². The number of methoxy groups -OCH3 is 1. The first-order valence-electron chi connectivity index (χ1n) is 10.8. The number of ether oxygens (including phenoxy) is 1. The van der Waals surface area contributed by atoms with Crippen molar-refractivity contribution in [3.8, 4) is 0 Å². The molecule has 1 N–H and O–H groups in total. The normalized spacial score (nSPS) is 12.4. The highest BCUT2D eigenvalue weighted by Gasteiger charge is 2.22. The number of fused-ring (bicyclic) bond motifs is 1. The van der Waals surface area contributed by atoms with E-state index in [4.69, 9.17) is 4.74 Å². The zero-order valence-electron chi connectivity index (χ0n) is 19.7. The molecule has 2 aromatic heterocycles. The molecule has 1 amide bonds. The van der Waals surface area contributed by atoms with Crippen molar-refractivity contribution in [1.82, 2.24) is 19.3 Å². The minimum absolute atomic E-state index is 0.0978. The lowest BCUT2D eigenvalue weighted by molar-refractivity contribution is -0.115. The van der Waals surface area contributed by atoms with Crippen molar-refractivity contribution >= 4 is 40.4 Å². The van der Waals surface area contributed by atoms with E-state index >= 15 is 0 Å². The maximum absolute atomic E-state index is 13.2. The van der Waals surface area contributed by atoms with Crippen LogP contribution in [0.4, 0.5) is 5.82 Å². The lowest BCUT2D eigenvalue weighted by Gasteiger charge is -2.18. The summed E-state index contributed by atoms with van der Waals surface area (Å²) in [6, 6.07) is 6.52. The summed E-state index contributed by atoms with van der Waals surface area (Å²) in [5.74, 6) is 0.0707. The molecule has 1 aromatic carbocycles. The second kappa shape index (κ2) is 10.2. The number of thioether (sulfide) groups is 1. The van der Waals surface area contributed by atoms with Gasteiger partial charge in [0.2, 0.25) is 5.91 Å². The van der Waals surface area contributed by atoms with Gasteiger partial charge in [0, 0.05) is 18.7 Å². The van der Waals surface area contributed by atoms with Crippen LogP contribution in [-0.4, -0.2) is 43.6 Å². The number of carbonyl (C=O) groups excluding carboxylic acids is 2. The number of anilines is 1. The van der Waals surface area contributed by atoms with Crippen molar-refractivity contribution in [3.63, 3.8) is 0 Å². The summed E-state index contributed by atoms with van der Waals surface area (Å²) in [6.45, 7) is 10.2. The largest absolute Gasteiger partial charge is 0.465 e. The number of rotatable bonds is 8. The van der Waals surface area contributed by atoms with Crippen LogP contribution < -0.4 is 10.9 Å². The van der Waals surface area contributed by atoms with Crippen molar-refractivity contribution in [1.29, 1.82) is 0 Å². The molecule has 1 atom stereocenters. The number of esters is 1. The quantitative estimate of drug-likeness (QED) is 0.303. The molecular weight excluding hydrogens is 442 g/mol. The Morgan fingerprint density at radius 2 is 1.88 bits per heavy atom. The number of hydrogen-bond acceptors (Lipinski definition) is 7. The molecule has 2 heterocycles. The zero-order valence-corrected chi connectivity index (χ0v) is 20.5. The van der Waals surface area contributed by atoms with Crippen LogP contribution in [0.1, 0.15) is 51.0 Å². The topological polar surface area (TPSA) is 108 Å². The van der Waals surface area contributed by atoms with Crippen molar-refractivity contribution < 1.29 is 14.3 Å². The summed E-state index contributed by atoms with van der Waals surface area (Å²) in [4.78, 5) is 42.7. The smallest absolute Gasteiger partial charge is 0.337 e. The van der Waals surface area contributed by atoms with Gasteiger partial charge in [-0.2, -0.15) is 5.10 Å². The molecular formula is C23H29N5O4S. The van der Waals surface area contributed by atoms with Gasteiger partial charge in [0.1, 0.15) is 5.82 Å². The lowest BCUT2D eigenvalue weighted by Crippen LogP contribution is -2.29. The Labute approximate surface area is 196 Å². The van der Waals surface area contributed by atoms with Crippen LogP contribution in [0, 0.1) is 5.92 Å². The number of nitrogens with zero attached hydrogens (tertiary/aromatic N) is 4. The average molecular weight is 472 g/mol. The van der Waals surface area contributed by atoms with Crippen LogP contribution in [-0.2, 0) is 16.1 Å². The standard InChI is InChI=1S/C23H29N5O4S/c1-13(2)12-27-21(30)17-8-7-16(22(31)32-6)11-18(17)25-23(27)33-15(5)20(29)26-19-9-10-24-28(19)14(3)4/h7-11,13-15H,12H2,1-6H3,(H,26,29)/t15-/m0/s1. The van der Waals surface area contributed by atoms with Gasteiger partial charge in [-0.05, 0) is 44.9 Å². The van der Waals surface area contributed by atoms with Crippen molar-refractivity contribution in [3.05, 3.63) is 46.4 Å². The Bertz CT molecular complexity index is 1230. The third kappa shape index (κ3) is 5.44. The zero-order chi connectivity index (χ0) is 24.3. The predicted molar refractivity (Wildman–Crippen MR) is 129 cm³/mol. The number of carbonyl (C=O) groups is 2. The maximum Gasteiger partial charge on any atom is 0.337 e. The van der Waals surface area contributed by atoms with Gasteiger partial charge in [-0.3, -0.25) is 14.2 Å². The number of amides is 1. The Morgan fingerprint density at radius 1 is 1.15 bits per heavy atom. The van der Waals surface area contributed by atoms with Gasteiger partial charge in [-0.15, -0.1) is 0 Å². The highest BCUT2D eigenvalue weighted by atomic mass is 32.2. The molecule has 10 heteroatoms. The number of benzene rings is 1. The second-order valence-electron chi connectivity index (χ2n) is 8.43. The monoisotopic (exact) mass is 471 g/mol. The molecule has 0 spiro atoms. The molecule has 0 aliphatic carbocycles. The molecule has 9 nitrogen and oxygen atoms in total. The molecule has 0 bridgehead atoms. The first-order chi connectivity index (χ1) is 15.6. The average Bonchev–Trinajstić information content (AvgIpc) is 3.23. The number of hydrogen-bond donors (Lipinski definition) is 1. The molecule has 0 aliphatic rings.